The van der Waals surface area contributed by atoms with Crippen LogP contribution in [0.2, 0.25) is 0 Å². The number of nitrogens with zero attached hydrogens (tertiary/aromatic N) is 2. The van der Waals surface area contributed by atoms with Crippen molar-refractivity contribution in [2.75, 3.05) is 13.1 Å². The number of benzene rings is 1. The van der Waals surface area contributed by atoms with Gasteiger partial charge in [-0.2, -0.15) is 5.10 Å². The highest BCUT2D eigenvalue weighted by atomic mass is 35.5. The second-order valence-electron chi connectivity index (χ2n) is 6.51. The number of aryl methyl sites for hydroxylation is 1. The second kappa shape index (κ2) is 9.59. The number of nitrogens with one attached hydrogen (secondary N) is 2. The Labute approximate surface area is 156 Å². The number of hydrogen-bond acceptors (Lipinski definition) is 3. The molecule has 1 heterocycles. The summed E-state index contributed by atoms with van der Waals surface area (Å²) in [5, 5.41) is 10.8. The minimum atomic E-state index is -0.0678. The number of hydrogen-bond donors (Lipinski definition) is 2. The minimum absolute atomic E-state index is 0. The zero-order valence-electron chi connectivity index (χ0n) is 15.7. The van der Waals surface area contributed by atoms with Crippen LogP contribution in [0.25, 0.3) is 5.69 Å². The van der Waals surface area contributed by atoms with Crippen LogP contribution in [-0.2, 0) is 0 Å². The fourth-order valence-corrected chi connectivity index (χ4v) is 2.74. The quantitative estimate of drug-likeness (QED) is 0.791. The third-order valence-corrected chi connectivity index (χ3v) is 4.00. The van der Waals surface area contributed by atoms with Crippen molar-refractivity contribution in [3.8, 4) is 5.69 Å². The van der Waals surface area contributed by atoms with Crippen molar-refractivity contribution in [1.82, 2.24) is 20.4 Å². The van der Waals surface area contributed by atoms with Gasteiger partial charge < -0.3 is 10.6 Å². The zero-order valence-corrected chi connectivity index (χ0v) is 16.5. The first-order chi connectivity index (χ1) is 11.4. The van der Waals surface area contributed by atoms with Crippen LogP contribution in [-0.4, -0.2) is 34.8 Å². The van der Waals surface area contributed by atoms with Crippen LogP contribution in [0.15, 0.2) is 30.5 Å². The van der Waals surface area contributed by atoms with Crippen LogP contribution in [0.3, 0.4) is 0 Å². The second-order valence-corrected chi connectivity index (χ2v) is 6.51. The average Bonchev–Trinajstić information content (AvgIpc) is 2.99. The molecule has 0 saturated heterocycles. The van der Waals surface area contributed by atoms with E-state index in [0.717, 1.165) is 17.9 Å². The maximum atomic E-state index is 12.6. The van der Waals surface area contributed by atoms with Crippen molar-refractivity contribution < 1.29 is 4.79 Å². The van der Waals surface area contributed by atoms with E-state index >= 15 is 0 Å². The van der Waals surface area contributed by atoms with Gasteiger partial charge in [0.25, 0.3) is 5.91 Å². The number of likely N-dealkylation sites (N-methyl/N-ethyl adjacent to an activating group) is 1. The Balaban J connectivity index is 0.00000312. The van der Waals surface area contributed by atoms with Crippen LogP contribution >= 0.6 is 12.4 Å². The summed E-state index contributed by atoms with van der Waals surface area (Å²) in [5.41, 5.74) is 3.76. The van der Waals surface area contributed by atoms with E-state index in [-0.39, 0.29) is 30.3 Å². The van der Waals surface area contributed by atoms with Crippen LogP contribution < -0.4 is 10.6 Å². The molecule has 0 aliphatic rings. The Morgan fingerprint density at radius 2 is 1.84 bits per heavy atom. The molecule has 2 N–H and O–H groups in total. The van der Waals surface area contributed by atoms with Crippen molar-refractivity contribution >= 4 is 18.3 Å². The molecule has 6 heteroatoms. The third kappa shape index (κ3) is 5.31. The van der Waals surface area contributed by atoms with Gasteiger partial charge in [0.15, 0.2) is 0 Å². The maximum absolute atomic E-state index is 12.6. The normalized spacial score (nSPS) is 11.9. The molecule has 5 nitrogen and oxygen atoms in total. The molecule has 0 bridgehead atoms. The van der Waals surface area contributed by atoms with Gasteiger partial charge in [0.05, 0.1) is 23.1 Å². The highest BCUT2D eigenvalue weighted by Crippen LogP contribution is 2.23. The Bertz CT molecular complexity index is 679. The first-order valence-electron chi connectivity index (χ1n) is 8.60. The molecule has 0 spiro atoms. The summed E-state index contributed by atoms with van der Waals surface area (Å²) in [6.45, 7) is 11.8. The molecule has 0 radical (unpaired) electrons. The molecule has 2 rings (SSSR count). The summed E-state index contributed by atoms with van der Waals surface area (Å²) in [7, 11) is 0. The standard InChI is InChI=1S/C19H28N4O.ClH/c1-6-20-15(5)11-21-19(24)17-12-22-23(18(17)13(2)3)16-9-7-14(4)8-10-16;/h7-10,12-13,15,20H,6,11H2,1-5H3,(H,21,24);1H/t15-;/m1./s1. The van der Waals surface area contributed by atoms with Crippen LogP contribution in [0.4, 0.5) is 0 Å². The molecule has 0 saturated carbocycles. The van der Waals surface area contributed by atoms with Gasteiger partial charge in [-0.15, -0.1) is 12.4 Å². The Morgan fingerprint density at radius 3 is 2.40 bits per heavy atom. The lowest BCUT2D eigenvalue weighted by Gasteiger charge is -2.15. The molecule has 0 unspecified atom stereocenters. The van der Waals surface area contributed by atoms with E-state index in [1.165, 1.54) is 5.56 Å². The Morgan fingerprint density at radius 1 is 1.20 bits per heavy atom. The van der Waals surface area contributed by atoms with E-state index in [1.807, 2.05) is 16.8 Å². The summed E-state index contributed by atoms with van der Waals surface area (Å²) in [6, 6.07) is 8.41. The summed E-state index contributed by atoms with van der Waals surface area (Å²) in [6.07, 6.45) is 1.67. The van der Waals surface area contributed by atoms with E-state index in [9.17, 15) is 4.79 Å². The smallest absolute Gasteiger partial charge is 0.254 e. The maximum Gasteiger partial charge on any atom is 0.254 e. The molecule has 1 aromatic heterocycles. The fraction of sp³-hybridized carbons (Fsp3) is 0.474. The van der Waals surface area contributed by atoms with Gasteiger partial charge in [-0.1, -0.05) is 38.5 Å². The SMILES string of the molecule is CCN[C@H](C)CNC(=O)c1cnn(-c2ccc(C)cc2)c1C(C)C.Cl. The van der Waals surface area contributed by atoms with Crippen LogP contribution in [0.1, 0.15) is 55.2 Å². The van der Waals surface area contributed by atoms with Gasteiger partial charge in [0, 0.05) is 12.6 Å². The number of halogens is 1. The predicted molar refractivity (Wildman–Crippen MR) is 105 cm³/mol. The molecule has 25 heavy (non-hydrogen) atoms. The molecular weight excluding hydrogens is 336 g/mol. The molecule has 0 aliphatic carbocycles. The minimum Gasteiger partial charge on any atom is -0.350 e. The Hall–Kier alpha value is -1.85. The lowest BCUT2D eigenvalue weighted by atomic mass is 10.0. The van der Waals surface area contributed by atoms with Crippen molar-refractivity contribution in [3.63, 3.8) is 0 Å². The number of carbonyl (C=O) groups excluding carboxylic acids is 1. The lowest BCUT2D eigenvalue weighted by molar-refractivity contribution is 0.0949. The first-order valence-corrected chi connectivity index (χ1v) is 8.60. The molecule has 1 atom stereocenters. The predicted octanol–water partition coefficient (Wildman–Crippen LogP) is 3.45. The number of carbonyl (C=O) groups is 1. The molecule has 0 aliphatic heterocycles. The average molecular weight is 365 g/mol. The van der Waals surface area contributed by atoms with Gasteiger partial charge in [0.2, 0.25) is 0 Å². The van der Waals surface area contributed by atoms with Gasteiger partial charge in [-0.25, -0.2) is 4.68 Å². The number of aromatic nitrogens is 2. The number of rotatable bonds is 7. The van der Waals surface area contributed by atoms with E-state index < -0.39 is 0 Å². The third-order valence-electron chi connectivity index (χ3n) is 4.00. The van der Waals surface area contributed by atoms with Gasteiger partial charge in [-0.3, -0.25) is 4.79 Å². The van der Waals surface area contributed by atoms with Crippen molar-refractivity contribution in [1.29, 1.82) is 0 Å². The summed E-state index contributed by atoms with van der Waals surface area (Å²) in [5.74, 6) is 0.127. The van der Waals surface area contributed by atoms with Crippen molar-refractivity contribution in [2.45, 2.75) is 46.6 Å². The highest BCUT2D eigenvalue weighted by Gasteiger charge is 2.21. The molecule has 2 aromatic rings. The first kappa shape index (κ1) is 21.2. The Kier molecular flexibility index (Phi) is 8.13. The topological polar surface area (TPSA) is 58.9 Å². The largest absolute Gasteiger partial charge is 0.350 e. The van der Waals surface area contributed by atoms with Crippen molar-refractivity contribution in [3.05, 3.63) is 47.3 Å². The summed E-state index contributed by atoms with van der Waals surface area (Å²) >= 11 is 0. The monoisotopic (exact) mass is 364 g/mol. The van der Waals surface area contributed by atoms with E-state index in [1.54, 1.807) is 6.20 Å². The molecule has 1 aromatic carbocycles. The molecule has 138 valence electrons. The van der Waals surface area contributed by atoms with Crippen LogP contribution in [0, 0.1) is 6.92 Å². The van der Waals surface area contributed by atoms with Gasteiger partial charge in [-0.05, 0) is 38.4 Å². The van der Waals surface area contributed by atoms with Gasteiger partial charge in [0.1, 0.15) is 0 Å². The summed E-state index contributed by atoms with van der Waals surface area (Å²) < 4.78 is 1.87. The van der Waals surface area contributed by atoms with Gasteiger partial charge >= 0.3 is 0 Å². The van der Waals surface area contributed by atoms with E-state index in [4.69, 9.17) is 0 Å². The molecular formula is C19H29ClN4O. The van der Waals surface area contributed by atoms with Crippen molar-refractivity contribution in [2.24, 2.45) is 0 Å². The van der Waals surface area contributed by atoms with E-state index in [2.05, 4.69) is 62.5 Å². The molecule has 1 amide bonds. The van der Waals surface area contributed by atoms with Crippen LogP contribution in [0.5, 0.6) is 0 Å². The molecule has 0 fully saturated rings. The fourth-order valence-electron chi connectivity index (χ4n) is 2.74. The van der Waals surface area contributed by atoms with E-state index in [0.29, 0.717) is 12.1 Å². The zero-order chi connectivity index (χ0) is 17.7. The highest BCUT2D eigenvalue weighted by molar-refractivity contribution is 5.95. The summed E-state index contributed by atoms with van der Waals surface area (Å²) in [4.78, 5) is 12.6. The lowest BCUT2D eigenvalue weighted by Crippen LogP contribution is -2.39. The number of amides is 1.